The molecule has 0 aliphatic rings. The lowest BCUT2D eigenvalue weighted by Gasteiger charge is -2.10. The summed E-state index contributed by atoms with van der Waals surface area (Å²) in [6.45, 7) is 0.126. The van der Waals surface area contributed by atoms with Gasteiger partial charge in [-0.15, -0.1) is 0 Å². The fourth-order valence-corrected chi connectivity index (χ4v) is 3.98. The van der Waals surface area contributed by atoms with E-state index >= 15 is 0 Å². The Morgan fingerprint density at radius 3 is 2.76 bits per heavy atom. The number of halogens is 2. The molecule has 0 atom stereocenters. The van der Waals surface area contributed by atoms with Gasteiger partial charge >= 0.3 is 0 Å². The molecule has 0 fully saturated rings. The van der Waals surface area contributed by atoms with Gasteiger partial charge in [0.25, 0.3) is 0 Å². The van der Waals surface area contributed by atoms with Crippen LogP contribution >= 0.6 is 12.8 Å². The topological polar surface area (TPSA) is 67.8 Å². The van der Waals surface area contributed by atoms with Crippen LogP contribution in [0.3, 0.4) is 0 Å². The number of hydrogen-bond donors (Lipinski definition) is 3. The third-order valence-electron chi connectivity index (χ3n) is 5.47. The van der Waals surface area contributed by atoms with Gasteiger partial charge in [0.05, 0.1) is 25.5 Å². The minimum Gasteiger partial charge on any atom is -0.495 e. The van der Waals surface area contributed by atoms with Gasteiger partial charge in [0.15, 0.2) is 0 Å². The molecular weight excluding hydrogens is 444 g/mol. The Balaban J connectivity index is 1.49. The van der Waals surface area contributed by atoms with Gasteiger partial charge in [-0.25, -0.2) is 13.8 Å². The molecule has 0 saturated heterocycles. The van der Waals surface area contributed by atoms with Crippen molar-refractivity contribution in [3.05, 3.63) is 84.4 Å². The molecule has 0 unspecified atom stereocenters. The van der Waals surface area contributed by atoms with E-state index in [0.29, 0.717) is 5.75 Å². The summed E-state index contributed by atoms with van der Waals surface area (Å²) in [7, 11) is 1.60. The molecule has 9 heteroatoms. The van der Waals surface area contributed by atoms with Crippen molar-refractivity contribution in [1.29, 1.82) is 0 Å². The highest BCUT2D eigenvalue weighted by atomic mass is 32.1. The molecule has 5 rings (SSSR count). The first-order valence-corrected chi connectivity index (χ1v) is 10.5. The molecule has 0 amide bonds. The number of nitrogens with zero attached hydrogens (tertiary/aromatic N) is 3. The number of H-pyrrole nitrogens is 1. The van der Waals surface area contributed by atoms with Crippen LogP contribution in [0.15, 0.2) is 67.3 Å². The van der Waals surface area contributed by atoms with E-state index in [1.54, 1.807) is 30.4 Å². The Kier molecular flexibility index (Phi) is 5.47. The van der Waals surface area contributed by atoms with Crippen LogP contribution in [-0.2, 0) is 6.54 Å². The Bertz CT molecular complexity index is 1460. The van der Waals surface area contributed by atoms with E-state index in [9.17, 15) is 8.78 Å². The molecule has 0 bridgehead atoms. The highest BCUT2D eigenvalue weighted by molar-refractivity contribution is 7.81. The second kappa shape index (κ2) is 8.59. The summed E-state index contributed by atoms with van der Waals surface area (Å²) in [6.07, 6.45) is 7.15. The average molecular weight is 464 g/mol. The normalized spacial score (nSPS) is 11.2. The Labute approximate surface area is 193 Å². The van der Waals surface area contributed by atoms with E-state index in [1.165, 1.54) is 6.07 Å². The predicted octanol–water partition coefficient (Wildman–Crippen LogP) is 5.69. The van der Waals surface area contributed by atoms with E-state index in [2.05, 4.69) is 32.6 Å². The van der Waals surface area contributed by atoms with Crippen molar-refractivity contribution in [3.8, 4) is 28.0 Å². The number of thiol groups is 1. The molecule has 3 heterocycles. The van der Waals surface area contributed by atoms with E-state index in [1.807, 2.05) is 30.5 Å². The van der Waals surface area contributed by atoms with Crippen LogP contribution in [-0.4, -0.2) is 26.9 Å². The molecular formula is C24H19F2N5OS. The first kappa shape index (κ1) is 21.0. The maximum absolute atomic E-state index is 14.0. The second-order valence-corrected chi connectivity index (χ2v) is 7.74. The predicted molar refractivity (Wildman–Crippen MR) is 127 cm³/mol. The molecule has 0 aliphatic heterocycles. The minimum atomic E-state index is -0.483. The number of ether oxygens (including phenoxy) is 1. The van der Waals surface area contributed by atoms with Gasteiger partial charge in [0.1, 0.15) is 23.0 Å². The van der Waals surface area contributed by atoms with Crippen LogP contribution in [0.1, 0.15) is 5.56 Å². The van der Waals surface area contributed by atoms with E-state index in [-0.39, 0.29) is 12.1 Å². The van der Waals surface area contributed by atoms with Crippen LogP contribution in [0.25, 0.3) is 33.3 Å². The van der Waals surface area contributed by atoms with Gasteiger partial charge in [-0.1, -0.05) is 18.9 Å². The van der Waals surface area contributed by atoms with Crippen LogP contribution in [0, 0.1) is 11.6 Å². The highest BCUT2D eigenvalue weighted by Crippen LogP contribution is 2.34. The van der Waals surface area contributed by atoms with Crippen molar-refractivity contribution in [1.82, 2.24) is 19.7 Å². The molecule has 2 aromatic carbocycles. The maximum Gasteiger partial charge on any atom is 0.142 e. The van der Waals surface area contributed by atoms with E-state index in [0.717, 1.165) is 51.1 Å². The van der Waals surface area contributed by atoms with Crippen molar-refractivity contribution >= 4 is 29.5 Å². The molecule has 0 saturated carbocycles. The Hall–Kier alpha value is -3.85. The fourth-order valence-electron chi connectivity index (χ4n) is 3.80. The SMILES string of the molecule is COc1ccc(-c2cnc3[nH]cc(-c4cnn(Cc5cc(F)ccc5F)c4)c3c2)cc1NS. The Morgan fingerprint density at radius 2 is 1.94 bits per heavy atom. The van der Waals surface area contributed by atoms with Crippen molar-refractivity contribution in [3.63, 3.8) is 0 Å². The summed E-state index contributed by atoms with van der Waals surface area (Å²) >= 11 is 4.15. The lowest BCUT2D eigenvalue weighted by molar-refractivity contribution is 0.417. The standard InChI is InChI=1S/C24H19F2N5OS/c1-32-23-5-2-14(8-22(23)30-33)15-7-19-20(11-28-24(19)27-9-15)17-10-29-31(13-17)12-16-6-18(25)3-4-21(16)26/h2-11,13,30,33H,12H2,1H3,(H,27,28). The molecule has 33 heavy (non-hydrogen) atoms. The van der Waals surface area contributed by atoms with Crippen molar-refractivity contribution in [2.75, 3.05) is 11.8 Å². The lowest BCUT2D eigenvalue weighted by atomic mass is 10.0. The first-order valence-electron chi connectivity index (χ1n) is 10.1. The van der Waals surface area contributed by atoms with Crippen molar-refractivity contribution < 1.29 is 13.5 Å². The number of fused-ring (bicyclic) bond motifs is 1. The number of methoxy groups -OCH3 is 1. The average Bonchev–Trinajstić information content (AvgIpc) is 3.47. The van der Waals surface area contributed by atoms with Gasteiger partial charge in [-0.3, -0.25) is 4.68 Å². The zero-order chi connectivity index (χ0) is 22.9. The van der Waals surface area contributed by atoms with Gasteiger partial charge < -0.3 is 14.4 Å². The molecule has 3 aromatic heterocycles. The number of benzene rings is 2. The minimum absolute atomic E-state index is 0.126. The molecule has 5 aromatic rings. The number of aromatic nitrogens is 4. The molecule has 0 aliphatic carbocycles. The zero-order valence-electron chi connectivity index (χ0n) is 17.5. The lowest BCUT2D eigenvalue weighted by Crippen LogP contribution is -2.02. The summed E-state index contributed by atoms with van der Waals surface area (Å²) < 4.78 is 37.3. The Morgan fingerprint density at radius 1 is 1.06 bits per heavy atom. The molecule has 6 nitrogen and oxygen atoms in total. The molecule has 166 valence electrons. The van der Waals surface area contributed by atoms with Crippen LogP contribution in [0.4, 0.5) is 14.5 Å². The van der Waals surface area contributed by atoms with Crippen LogP contribution in [0.5, 0.6) is 5.75 Å². The summed E-state index contributed by atoms with van der Waals surface area (Å²) in [5.74, 6) is -0.264. The summed E-state index contributed by atoms with van der Waals surface area (Å²) in [5, 5.41) is 5.25. The van der Waals surface area contributed by atoms with E-state index in [4.69, 9.17) is 4.74 Å². The van der Waals surface area contributed by atoms with Gasteiger partial charge in [0, 0.05) is 46.2 Å². The first-order chi connectivity index (χ1) is 16.1. The summed E-state index contributed by atoms with van der Waals surface area (Å²) in [4.78, 5) is 7.73. The van der Waals surface area contributed by atoms with Crippen LogP contribution in [0.2, 0.25) is 0 Å². The monoisotopic (exact) mass is 463 g/mol. The van der Waals surface area contributed by atoms with E-state index < -0.39 is 11.6 Å². The quantitative estimate of drug-likeness (QED) is 0.283. The maximum atomic E-state index is 14.0. The summed E-state index contributed by atoms with van der Waals surface area (Å²) in [6, 6.07) is 11.2. The van der Waals surface area contributed by atoms with Crippen LogP contribution < -0.4 is 9.46 Å². The number of aromatic amines is 1. The smallest absolute Gasteiger partial charge is 0.142 e. The van der Waals surface area contributed by atoms with Crippen molar-refractivity contribution in [2.24, 2.45) is 0 Å². The van der Waals surface area contributed by atoms with Crippen molar-refractivity contribution in [2.45, 2.75) is 6.54 Å². The third kappa shape index (κ3) is 4.03. The second-order valence-electron chi connectivity index (χ2n) is 7.51. The number of hydrogen-bond acceptors (Lipinski definition) is 5. The molecule has 2 N–H and O–H groups in total. The zero-order valence-corrected chi connectivity index (χ0v) is 18.4. The van der Waals surface area contributed by atoms with Gasteiger partial charge in [0.2, 0.25) is 0 Å². The largest absolute Gasteiger partial charge is 0.495 e. The number of nitrogens with one attached hydrogen (secondary N) is 2. The number of rotatable bonds is 6. The number of anilines is 1. The summed E-state index contributed by atoms with van der Waals surface area (Å²) in [5.41, 5.74) is 5.34. The molecule has 0 spiro atoms. The molecule has 0 radical (unpaired) electrons. The third-order valence-corrected chi connectivity index (χ3v) is 5.71. The van der Waals surface area contributed by atoms with Gasteiger partial charge in [-0.2, -0.15) is 5.10 Å². The van der Waals surface area contributed by atoms with Gasteiger partial charge in [-0.05, 0) is 42.0 Å². The highest BCUT2D eigenvalue weighted by Gasteiger charge is 2.13. The number of pyridine rings is 1. The fraction of sp³-hybridized carbons (Fsp3) is 0.0833.